The monoisotopic (exact) mass is 628 g/mol. The predicted molar refractivity (Wildman–Crippen MR) is 140 cm³/mol. The van der Waals surface area contributed by atoms with Crippen molar-refractivity contribution >= 4 is 39.3 Å². The Kier molecular flexibility index (Phi) is 10.3. The number of carbonyl (C=O) groups excluding carboxylic acids is 2. The molecule has 1 aliphatic heterocycles. The highest BCUT2D eigenvalue weighted by atomic mass is 79.9. The summed E-state index contributed by atoms with van der Waals surface area (Å²) in [6, 6.07) is 11.3. The van der Waals surface area contributed by atoms with Crippen molar-refractivity contribution in [2.75, 3.05) is 32.3 Å². The van der Waals surface area contributed by atoms with Crippen molar-refractivity contribution in [1.82, 2.24) is 0 Å². The molecule has 1 aliphatic rings. The van der Waals surface area contributed by atoms with Crippen LogP contribution in [0.1, 0.15) is 18.4 Å². The zero-order valence-electron chi connectivity index (χ0n) is 21.3. The average molecular weight is 629 g/mol. The van der Waals surface area contributed by atoms with Gasteiger partial charge in [0.2, 0.25) is 0 Å². The van der Waals surface area contributed by atoms with Crippen molar-refractivity contribution in [1.29, 1.82) is 0 Å². The van der Waals surface area contributed by atoms with Crippen molar-refractivity contribution in [3.8, 4) is 11.5 Å². The third-order valence-corrected chi connectivity index (χ3v) is 6.10. The third-order valence-electron chi connectivity index (χ3n) is 5.78. The van der Waals surface area contributed by atoms with Gasteiger partial charge in [-0.25, -0.2) is 4.79 Å². The number of halogens is 4. The number of aliphatic imine (C=N–C) groups is 1. The first-order valence-electron chi connectivity index (χ1n) is 11.7. The largest absolute Gasteiger partial charge is 0.493 e. The van der Waals surface area contributed by atoms with E-state index in [1.54, 1.807) is 24.3 Å². The predicted octanol–water partition coefficient (Wildman–Crippen LogP) is 5.15. The number of hydrogen-bond acceptors (Lipinski definition) is 9. The fraction of sp³-hybridized carbons (Fsp3) is 0.346. The maximum absolute atomic E-state index is 14.0. The molecule has 0 fully saturated rings. The van der Waals surface area contributed by atoms with E-state index in [2.05, 4.69) is 25.7 Å². The van der Waals surface area contributed by atoms with E-state index in [1.807, 2.05) is 0 Å². The molecule has 14 heteroatoms. The molecule has 2 aromatic rings. The number of alkyl halides is 4. The lowest BCUT2D eigenvalue weighted by Crippen LogP contribution is -2.43. The van der Waals surface area contributed by atoms with Crippen molar-refractivity contribution in [3.63, 3.8) is 0 Å². The average Bonchev–Trinajstić information content (AvgIpc) is 2.93. The van der Waals surface area contributed by atoms with E-state index in [1.165, 1.54) is 12.1 Å². The summed E-state index contributed by atoms with van der Waals surface area (Å²) in [4.78, 5) is 40.0. The Hall–Kier alpha value is -3.94. The smallest absolute Gasteiger partial charge is 0.430 e. The van der Waals surface area contributed by atoms with E-state index < -0.39 is 46.3 Å². The van der Waals surface area contributed by atoms with Crippen LogP contribution in [0.3, 0.4) is 0 Å². The molecular formula is C26H24BrF3N2O8. The summed E-state index contributed by atoms with van der Waals surface area (Å²) in [7, 11) is 0.891. The second-order valence-electron chi connectivity index (χ2n) is 8.32. The third kappa shape index (κ3) is 7.37. The summed E-state index contributed by atoms with van der Waals surface area (Å²) < 4.78 is 62.8. The quantitative estimate of drug-likeness (QED) is 0.110. The number of esters is 2. The number of nitro groups is 1. The lowest BCUT2D eigenvalue weighted by atomic mass is 9.75. The minimum Gasteiger partial charge on any atom is -0.493 e. The number of carbonyl (C=O) groups is 2. The maximum atomic E-state index is 14.0. The van der Waals surface area contributed by atoms with Crippen LogP contribution >= 0.6 is 15.9 Å². The fourth-order valence-corrected chi connectivity index (χ4v) is 4.26. The molecule has 0 aromatic heterocycles. The highest BCUT2D eigenvalue weighted by Crippen LogP contribution is 2.44. The SMILES string of the molecule is COC(=O)C1C(C(F)(F)F)=NC(C)=C(C(=O)OCCOc2ccc(OCCBr)cc2)C1c1cccc([N+](=O)[O-])c1. The van der Waals surface area contributed by atoms with Gasteiger partial charge in [0, 0.05) is 29.1 Å². The van der Waals surface area contributed by atoms with Gasteiger partial charge < -0.3 is 18.9 Å². The molecule has 2 unspecified atom stereocenters. The Morgan fingerprint density at radius 3 is 2.23 bits per heavy atom. The summed E-state index contributed by atoms with van der Waals surface area (Å²) in [5.41, 5.74) is -2.74. The number of ether oxygens (including phenoxy) is 4. The molecule has 0 N–H and O–H groups in total. The van der Waals surface area contributed by atoms with Crippen LogP contribution in [-0.4, -0.2) is 61.0 Å². The Labute approximate surface area is 235 Å². The molecule has 214 valence electrons. The van der Waals surface area contributed by atoms with Crippen LogP contribution in [0.4, 0.5) is 18.9 Å². The number of methoxy groups -OCH3 is 1. The molecule has 0 aliphatic carbocycles. The van der Waals surface area contributed by atoms with Gasteiger partial charge >= 0.3 is 18.1 Å². The van der Waals surface area contributed by atoms with Crippen molar-refractivity contribution in [2.24, 2.45) is 10.9 Å². The summed E-state index contributed by atoms with van der Waals surface area (Å²) >= 11 is 3.26. The van der Waals surface area contributed by atoms with Gasteiger partial charge in [-0.05, 0) is 36.8 Å². The number of allylic oxidation sites excluding steroid dienone is 1. The van der Waals surface area contributed by atoms with E-state index in [4.69, 9.17) is 14.2 Å². The van der Waals surface area contributed by atoms with Gasteiger partial charge in [-0.2, -0.15) is 13.2 Å². The molecule has 0 radical (unpaired) electrons. The molecular weight excluding hydrogens is 605 g/mol. The molecule has 40 heavy (non-hydrogen) atoms. The zero-order valence-corrected chi connectivity index (χ0v) is 22.9. The number of rotatable bonds is 11. The highest BCUT2D eigenvalue weighted by molar-refractivity contribution is 9.09. The molecule has 0 amide bonds. The van der Waals surface area contributed by atoms with Gasteiger partial charge in [-0.1, -0.05) is 28.1 Å². The van der Waals surface area contributed by atoms with Crippen LogP contribution in [0, 0.1) is 16.0 Å². The number of non-ortho nitro benzene ring substituents is 1. The molecule has 10 nitrogen and oxygen atoms in total. The Morgan fingerprint density at radius 1 is 1.05 bits per heavy atom. The van der Waals surface area contributed by atoms with E-state index in [0.29, 0.717) is 23.4 Å². The summed E-state index contributed by atoms with van der Waals surface area (Å²) in [5.74, 6) is -5.03. The molecule has 2 atom stereocenters. The second kappa shape index (κ2) is 13.4. The fourth-order valence-electron chi connectivity index (χ4n) is 4.10. The van der Waals surface area contributed by atoms with Crippen LogP contribution in [0.5, 0.6) is 11.5 Å². The van der Waals surface area contributed by atoms with Gasteiger partial charge in [-0.3, -0.25) is 19.9 Å². The van der Waals surface area contributed by atoms with Crippen molar-refractivity contribution in [2.45, 2.75) is 19.0 Å². The number of nitro benzene ring substituents is 1. The van der Waals surface area contributed by atoms with Gasteiger partial charge in [0.05, 0.1) is 24.2 Å². The van der Waals surface area contributed by atoms with Crippen LogP contribution in [0.25, 0.3) is 0 Å². The first-order chi connectivity index (χ1) is 19.0. The highest BCUT2D eigenvalue weighted by Gasteiger charge is 2.52. The van der Waals surface area contributed by atoms with Crippen LogP contribution in [0.15, 0.2) is 64.8 Å². The lowest BCUT2D eigenvalue weighted by Gasteiger charge is -2.32. The zero-order chi connectivity index (χ0) is 29.4. The lowest BCUT2D eigenvalue weighted by molar-refractivity contribution is -0.384. The Bertz CT molecular complexity index is 1310. The van der Waals surface area contributed by atoms with Crippen LogP contribution < -0.4 is 9.47 Å². The Balaban J connectivity index is 1.88. The Morgan fingerprint density at radius 2 is 1.68 bits per heavy atom. The molecule has 3 rings (SSSR count). The normalized spacial score (nSPS) is 17.1. The molecule has 0 spiro atoms. The van der Waals surface area contributed by atoms with E-state index in [0.717, 1.165) is 26.2 Å². The van der Waals surface area contributed by atoms with Crippen molar-refractivity contribution in [3.05, 3.63) is 75.5 Å². The minimum absolute atomic E-state index is 0.0917. The summed E-state index contributed by atoms with van der Waals surface area (Å²) in [6.45, 7) is 1.25. The summed E-state index contributed by atoms with van der Waals surface area (Å²) in [5, 5.41) is 12.0. The van der Waals surface area contributed by atoms with Gasteiger partial charge in [0.25, 0.3) is 5.69 Å². The number of hydrogen-bond donors (Lipinski definition) is 0. The molecule has 0 saturated heterocycles. The van der Waals surface area contributed by atoms with E-state index in [-0.39, 0.29) is 30.0 Å². The number of benzene rings is 2. The molecule has 2 aromatic carbocycles. The van der Waals surface area contributed by atoms with Gasteiger partial charge in [0.1, 0.15) is 36.3 Å². The van der Waals surface area contributed by atoms with Crippen LogP contribution in [0.2, 0.25) is 0 Å². The first kappa shape index (κ1) is 30.6. The molecule has 0 saturated carbocycles. The van der Waals surface area contributed by atoms with Gasteiger partial charge in [0.15, 0.2) is 0 Å². The van der Waals surface area contributed by atoms with E-state index >= 15 is 0 Å². The van der Waals surface area contributed by atoms with Crippen LogP contribution in [-0.2, 0) is 19.1 Å². The molecule has 1 heterocycles. The van der Waals surface area contributed by atoms with Crippen molar-refractivity contribution < 1.29 is 46.6 Å². The molecule has 0 bridgehead atoms. The second-order valence-corrected chi connectivity index (χ2v) is 9.11. The first-order valence-corrected chi connectivity index (χ1v) is 12.9. The number of nitrogens with zero attached hydrogens (tertiary/aromatic N) is 2. The topological polar surface area (TPSA) is 127 Å². The summed E-state index contributed by atoms with van der Waals surface area (Å²) in [6.07, 6.45) is -5.06. The van der Waals surface area contributed by atoms with Gasteiger partial charge in [-0.15, -0.1) is 0 Å². The minimum atomic E-state index is -5.06. The maximum Gasteiger partial charge on any atom is 0.430 e. The standard InChI is InChI=1S/C26H24BrF3N2O8/c1-15-20(25(34)40-13-12-39-19-8-6-18(7-9-19)38-11-10-27)21(16-4-3-5-17(14-16)32(35)36)22(24(33)37-2)23(31-15)26(28,29)30/h3-9,14,21-22H,10-13H2,1-2H3. The van der Waals surface area contributed by atoms with E-state index in [9.17, 15) is 32.9 Å².